The van der Waals surface area contributed by atoms with Crippen molar-refractivity contribution in [1.82, 2.24) is 4.98 Å². The van der Waals surface area contributed by atoms with Gasteiger partial charge >= 0.3 is 0 Å². The van der Waals surface area contributed by atoms with Gasteiger partial charge in [-0.25, -0.2) is 0 Å². The van der Waals surface area contributed by atoms with Crippen LogP contribution in [0.1, 0.15) is 0 Å². The second-order valence-corrected chi connectivity index (χ2v) is 2.58. The van der Waals surface area contributed by atoms with E-state index in [1.54, 1.807) is 0 Å². The first kappa shape index (κ1) is 9.42. The third-order valence-electron chi connectivity index (χ3n) is 1.73. The Bertz CT molecular complexity index is 307. The van der Waals surface area contributed by atoms with E-state index in [-0.39, 0.29) is 5.48 Å². The van der Waals surface area contributed by atoms with Crippen LogP contribution in [0.3, 0.4) is 0 Å². The van der Waals surface area contributed by atoms with E-state index in [1.807, 2.05) is 42.6 Å². The highest BCUT2D eigenvalue weighted by atomic mass is 16.0. The summed E-state index contributed by atoms with van der Waals surface area (Å²) in [4.78, 5) is 4.25. The Balaban J connectivity index is 0.000000845. The summed E-state index contributed by atoms with van der Waals surface area (Å²) in [5.41, 5.74) is 2.19. The SMILES string of the molecule is O.c1ccc(-c2ccccn2)cc1. The van der Waals surface area contributed by atoms with Crippen LogP contribution in [0.5, 0.6) is 0 Å². The lowest BCUT2D eigenvalue weighted by Crippen LogP contribution is -1.79. The number of aromatic nitrogens is 1. The van der Waals surface area contributed by atoms with Crippen molar-refractivity contribution in [2.45, 2.75) is 0 Å². The summed E-state index contributed by atoms with van der Waals surface area (Å²) in [6.45, 7) is 0. The summed E-state index contributed by atoms with van der Waals surface area (Å²) >= 11 is 0. The molecule has 66 valence electrons. The third-order valence-corrected chi connectivity index (χ3v) is 1.73. The molecule has 2 rings (SSSR count). The Kier molecular flexibility index (Phi) is 3.17. The molecular formula is C11H11NO. The van der Waals surface area contributed by atoms with E-state index in [0.717, 1.165) is 11.3 Å². The van der Waals surface area contributed by atoms with E-state index in [4.69, 9.17) is 0 Å². The van der Waals surface area contributed by atoms with Gasteiger partial charge in [-0.1, -0.05) is 36.4 Å². The molecule has 0 amide bonds. The molecule has 0 aliphatic rings. The minimum Gasteiger partial charge on any atom is -0.412 e. The molecule has 0 fully saturated rings. The molecule has 0 atom stereocenters. The summed E-state index contributed by atoms with van der Waals surface area (Å²) in [7, 11) is 0. The van der Waals surface area contributed by atoms with E-state index in [1.165, 1.54) is 0 Å². The number of hydrogen-bond acceptors (Lipinski definition) is 1. The maximum atomic E-state index is 4.25. The average Bonchev–Trinajstić information content (AvgIpc) is 2.21. The van der Waals surface area contributed by atoms with Gasteiger partial charge in [0.2, 0.25) is 0 Å². The fourth-order valence-electron chi connectivity index (χ4n) is 1.14. The molecule has 13 heavy (non-hydrogen) atoms. The van der Waals surface area contributed by atoms with Crippen molar-refractivity contribution < 1.29 is 5.48 Å². The topological polar surface area (TPSA) is 44.4 Å². The Morgan fingerprint density at radius 3 is 2.08 bits per heavy atom. The minimum atomic E-state index is 0. The largest absolute Gasteiger partial charge is 0.412 e. The molecule has 1 aromatic carbocycles. The van der Waals surface area contributed by atoms with Gasteiger partial charge in [-0.2, -0.15) is 0 Å². The van der Waals surface area contributed by atoms with Gasteiger partial charge < -0.3 is 5.48 Å². The van der Waals surface area contributed by atoms with Gasteiger partial charge in [-0.05, 0) is 12.1 Å². The maximum absolute atomic E-state index is 4.25. The second kappa shape index (κ2) is 4.38. The zero-order valence-electron chi connectivity index (χ0n) is 7.14. The van der Waals surface area contributed by atoms with Crippen molar-refractivity contribution in [3.8, 4) is 11.3 Å². The van der Waals surface area contributed by atoms with Gasteiger partial charge in [-0.3, -0.25) is 4.98 Å². The van der Waals surface area contributed by atoms with Crippen molar-refractivity contribution in [2.75, 3.05) is 0 Å². The number of pyridine rings is 1. The van der Waals surface area contributed by atoms with Gasteiger partial charge in [0.1, 0.15) is 0 Å². The number of benzene rings is 1. The van der Waals surface area contributed by atoms with Crippen molar-refractivity contribution in [2.24, 2.45) is 0 Å². The lowest BCUT2D eigenvalue weighted by Gasteiger charge is -1.97. The van der Waals surface area contributed by atoms with E-state index in [0.29, 0.717) is 0 Å². The molecule has 2 heteroatoms. The van der Waals surface area contributed by atoms with Crippen LogP contribution in [0.25, 0.3) is 11.3 Å². The van der Waals surface area contributed by atoms with Crippen LogP contribution in [0, 0.1) is 0 Å². The quantitative estimate of drug-likeness (QED) is 0.649. The molecule has 2 nitrogen and oxygen atoms in total. The monoisotopic (exact) mass is 173 g/mol. The molecule has 0 aliphatic heterocycles. The highest BCUT2D eigenvalue weighted by Crippen LogP contribution is 2.14. The predicted octanol–water partition coefficient (Wildman–Crippen LogP) is 1.92. The van der Waals surface area contributed by atoms with Crippen LogP contribution in [0.2, 0.25) is 0 Å². The van der Waals surface area contributed by atoms with Gasteiger partial charge in [0.25, 0.3) is 0 Å². The van der Waals surface area contributed by atoms with Crippen LogP contribution in [-0.4, -0.2) is 10.5 Å². The Labute approximate surface area is 77.2 Å². The molecular weight excluding hydrogens is 162 g/mol. The predicted molar refractivity (Wildman–Crippen MR) is 53.3 cm³/mol. The normalized spacial score (nSPS) is 8.92. The molecule has 0 unspecified atom stereocenters. The molecule has 0 aliphatic carbocycles. The molecule has 0 saturated carbocycles. The van der Waals surface area contributed by atoms with Crippen molar-refractivity contribution in [3.63, 3.8) is 0 Å². The summed E-state index contributed by atoms with van der Waals surface area (Å²) in [5, 5.41) is 0. The van der Waals surface area contributed by atoms with E-state index in [9.17, 15) is 0 Å². The second-order valence-electron chi connectivity index (χ2n) is 2.58. The average molecular weight is 173 g/mol. The fraction of sp³-hybridized carbons (Fsp3) is 0. The summed E-state index contributed by atoms with van der Waals surface area (Å²) in [6.07, 6.45) is 1.81. The first-order chi connectivity index (χ1) is 5.97. The first-order valence-corrected chi connectivity index (χ1v) is 3.93. The summed E-state index contributed by atoms with van der Waals surface area (Å²) in [6, 6.07) is 16.1. The molecule has 0 saturated heterocycles. The molecule has 0 spiro atoms. The summed E-state index contributed by atoms with van der Waals surface area (Å²) < 4.78 is 0. The lowest BCUT2D eigenvalue weighted by molar-refractivity contribution is 0.824. The van der Waals surface area contributed by atoms with Crippen molar-refractivity contribution in [1.29, 1.82) is 0 Å². The van der Waals surface area contributed by atoms with Crippen LogP contribution in [0.15, 0.2) is 54.7 Å². The van der Waals surface area contributed by atoms with E-state index in [2.05, 4.69) is 17.1 Å². The van der Waals surface area contributed by atoms with Crippen LogP contribution in [0.4, 0.5) is 0 Å². The summed E-state index contributed by atoms with van der Waals surface area (Å²) in [5.74, 6) is 0. The zero-order chi connectivity index (χ0) is 8.23. The third kappa shape index (κ3) is 2.13. The highest BCUT2D eigenvalue weighted by molar-refractivity contribution is 5.58. The fourth-order valence-corrected chi connectivity index (χ4v) is 1.14. The standard InChI is InChI=1S/C11H9N.H2O/c1-2-6-10(7-3-1)11-8-4-5-9-12-11;/h1-9H;1H2. The van der Waals surface area contributed by atoms with Crippen LogP contribution < -0.4 is 0 Å². The van der Waals surface area contributed by atoms with Gasteiger partial charge in [0, 0.05) is 11.8 Å². The van der Waals surface area contributed by atoms with Gasteiger partial charge in [0.05, 0.1) is 5.69 Å². The lowest BCUT2D eigenvalue weighted by atomic mass is 10.1. The molecule has 2 N–H and O–H groups in total. The van der Waals surface area contributed by atoms with Crippen LogP contribution >= 0.6 is 0 Å². The molecule has 1 heterocycles. The van der Waals surface area contributed by atoms with Gasteiger partial charge in [-0.15, -0.1) is 0 Å². The number of nitrogens with zero attached hydrogens (tertiary/aromatic N) is 1. The molecule has 0 radical (unpaired) electrons. The number of rotatable bonds is 1. The zero-order valence-corrected chi connectivity index (χ0v) is 7.14. The van der Waals surface area contributed by atoms with E-state index >= 15 is 0 Å². The minimum absolute atomic E-state index is 0. The Morgan fingerprint density at radius 1 is 0.769 bits per heavy atom. The molecule has 0 bridgehead atoms. The highest BCUT2D eigenvalue weighted by Gasteiger charge is 1.93. The van der Waals surface area contributed by atoms with E-state index < -0.39 is 0 Å². The number of hydrogen-bond donors (Lipinski definition) is 0. The van der Waals surface area contributed by atoms with Crippen LogP contribution in [-0.2, 0) is 0 Å². The van der Waals surface area contributed by atoms with Crippen molar-refractivity contribution in [3.05, 3.63) is 54.7 Å². The molecule has 2 aromatic rings. The van der Waals surface area contributed by atoms with Gasteiger partial charge in [0.15, 0.2) is 0 Å². The first-order valence-electron chi connectivity index (χ1n) is 3.93. The smallest absolute Gasteiger partial charge is 0.0701 e. The Morgan fingerprint density at radius 2 is 1.46 bits per heavy atom. The molecule has 1 aromatic heterocycles. The maximum Gasteiger partial charge on any atom is 0.0701 e. The Hall–Kier alpha value is -1.67. The van der Waals surface area contributed by atoms with Crippen molar-refractivity contribution >= 4 is 0 Å².